The topological polar surface area (TPSA) is 68.7 Å². The van der Waals surface area contributed by atoms with Crippen molar-refractivity contribution in [3.8, 4) is 16.3 Å². The summed E-state index contributed by atoms with van der Waals surface area (Å²) in [6, 6.07) is 10.7. The van der Waals surface area contributed by atoms with Gasteiger partial charge in [-0.2, -0.15) is 13.2 Å². The molecule has 0 saturated heterocycles. The molecule has 1 heterocycles. The molecular formula is C27H30F3NO4S. The van der Waals surface area contributed by atoms with Crippen molar-refractivity contribution in [2.24, 2.45) is 0 Å². The second-order valence-electron chi connectivity index (χ2n) is 8.48. The molecule has 1 unspecified atom stereocenters. The number of hydrogen-bond acceptors (Lipinski definition) is 5. The molecule has 36 heavy (non-hydrogen) atoms. The molecule has 0 spiro atoms. The summed E-state index contributed by atoms with van der Waals surface area (Å²) in [6.07, 6.45) is -2.37. The van der Waals surface area contributed by atoms with E-state index in [1.165, 1.54) is 23.5 Å². The Morgan fingerprint density at radius 1 is 1.11 bits per heavy atom. The molecule has 0 saturated carbocycles. The van der Waals surface area contributed by atoms with E-state index in [0.717, 1.165) is 63.9 Å². The fraction of sp³-hybridized carbons (Fsp3) is 0.407. The van der Waals surface area contributed by atoms with Gasteiger partial charge in [0, 0.05) is 23.5 Å². The predicted molar refractivity (Wildman–Crippen MR) is 134 cm³/mol. The number of carboxylic acids is 1. The van der Waals surface area contributed by atoms with Crippen LogP contribution in [0.2, 0.25) is 0 Å². The van der Waals surface area contributed by atoms with Crippen LogP contribution in [0.5, 0.6) is 5.75 Å². The number of aliphatic carboxylic acids is 1. The van der Waals surface area contributed by atoms with Gasteiger partial charge in [0.2, 0.25) is 0 Å². The Bertz CT molecular complexity index is 1160. The largest absolute Gasteiger partial charge is 0.494 e. The highest BCUT2D eigenvalue weighted by Gasteiger charge is 2.30. The molecule has 0 aliphatic heterocycles. The molecule has 0 radical (unpaired) electrons. The van der Waals surface area contributed by atoms with Crippen molar-refractivity contribution in [2.45, 2.75) is 58.7 Å². The predicted octanol–water partition coefficient (Wildman–Crippen LogP) is 6.88. The third-order valence-corrected chi connectivity index (χ3v) is 7.05. The number of benzene rings is 2. The molecule has 1 aromatic heterocycles. The Balaban J connectivity index is 1.48. The molecule has 0 aliphatic rings. The van der Waals surface area contributed by atoms with Gasteiger partial charge >= 0.3 is 12.1 Å². The normalized spacial score (nSPS) is 12.5. The fourth-order valence-electron chi connectivity index (χ4n) is 3.77. The second-order valence-corrected chi connectivity index (χ2v) is 9.57. The third kappa shape index (κ3) is 7.54. The molecule has 9 heteroatoms. The molecule has 1 N–H and O–H groups in total. The van der Waals surface area contributed by atoms with Crippen molar-refractivity contribution in [1.29, 1.82) is 0 Å². The highest BCUT2D eigenvalue weighted by atomic mass is 32.1. The van der Waals surface area contributed by atoms with Crippen LogP contribution in [-0.2, 0) is 28.5 Å². The van der Waals surface area contributed by atoms with Crippen LogP contribution in [-0.4, -0.2) is 35.4 Å². The maximum absolute atomic E-state index is 12.8. The minimum Gasteiger partial charge on any atom is -0.494 e. The third-order valence-electron chi connectivity index (χ3n) is 5.78. The standard InChI is InChI=1S/C27H30F3NO4S/c1-4-34-23(26(32)33)16-20-10-13-22(15-17(20)2)35-14-6-5-7-24-18(3)31-25(36-24)19-8-11-21(12-9-19)27(28,29)30/h8-13,15,23H,4-7,14,16H2,1-3H3,(H,32,33). The van der Waals surface area contributed by atoms with Crippen LogP contribution in [0.1, 0.15) is 47.0 Å². The summed E-state index contributed by atoms with van der Waals surface area (Å²) < 4.78 is 49.5. The maximum Gasteiger partial charge on any atom is 0.416 e. The molecule has 0 fully saturated rings. The van der Waals surface area contributed by atoms with Crippen LogP contribution in [0.4, 0.5) is 13.2 Å². The van der Waals surface area contributed by atoms with Gasteiger partial charge in [0.1, 0.15) is 10.8 Å². The van der Waals surface area contributed by atoms with Crippen LogP contribution >= 0.6 is 11.3 Å². The van der Waals surface area contributed by atoms with E-state index in [1.54, 1.807) is 6.92 Å². The van der Waals surface area contributed by atoms with Gasteiger partial charge in [-0.3, -0.25) is 0 Å². The van der Waals surface area contributed by atoms with Gasteiger partial charge in [0.15, 0.2) is 6.10 Å². The number of unbranched alkanes of at least 4 members (excludes halogenated alkanes) is 1. The first-order valence-corrected chi connectivity index (χ1v) is 12.6. The van der Waals surface area contributed by atoms with Crippen LogP contribution in [0.15, 0.2) is 42.5 Å². The van der Waals surface area contributed by atoms with Crippen molar-refractivity contribution in [3.05, 3.63) is 69.7 Å². The van der Waals surface area contributed by atoms with E-state index in [0.29, 0.717) is 25.2 Å². The maximum atomic E-state index is 12.8. The Hall–Kier alpha value is -2.91. The van der Waals surface area contributed by atoms with E-state index in [4.69, 9.17) is 9.47 Å². The zero-order valence-electron chi connectivity index (χ0n) is 20.5. The zero-order chi connectivity index (χ0) is 26.3. The first-order chi connectivity index (χ1) is 17.1. The SMILES string of the molecule is CCOC(Cc1ccc(OCCCCc2sc(-c3ccc(C(F)(F)F)cc3)nc2C)cc1C)C(=O)O. The van der Waals surface area contributed by atoms with E-state index >= 15 is 0 Å². The Morgan fingerprint density at radius 3 is 2.44 bits per heavy atom. The number of ether oxygens (including phenoxy) is 2. The van der Waals surface area contributed by atoms with Crippen molar-refractivity contribution in [1.82, 2.24) is 4.98 Å². The van der Waals surface area contributed by atoms with Crippen molar-refractivity contribution >= 4 is 17.3 Å². The zero-order valence-corrected chi connectivity index (χ0v) is 21.3. The minimum atomic E-state index is -4.35. The number of aryl methyl sites for hydroxylation is 3. The Labute approximate surface area is 212 Å². The fourth-order valence-corrected chi connectivity index (χ4v) is 4.88. The van der Waals surface area contributed by atoms with E-state index in [1.807, 2.05) is 32.0 Å². The average molecular weight is 522 g/mol. The van der Waals surface area contributed by atoms with Gasteiger partial charge < -0.3 is 14.6 Å². The second kappa shape index (κ2) is 12.4. The van der Waals surface area contributed by atoms with E-state index in [9.17, 15) is 23.1 Å². The van der Waals surface area contributed by atoms with Crippen LogP contribution in [0.3, 0.4) is 0 Å². The van der Waals surface area contributed by atoms with E-state index in [2.05, 4.69) is 4.98 Å². The number of aromatic nitrogens is 1. The first-order valence-electron chi connectivity index (χ1n) is 11.8. The highest BCUT2D eigenvalue weighted by molar-refractivity contribution is 7.15. The minimum absolute atomic E-state index is 0.304. The highest BCUT2D eigenvalue weighted by Crippen LogP contribution is 2.33. The summed E-state index contributed by atoms with van der Waals surface area (Å²) >= 11 is 1.51. The molecule has 2 aromatic carbocycles. The lowest BCUT2D eigenvalue weighted by molar-refractivity contribution is -0.150. The van der Waals surface area contributed by atoms with Gasteiger partial charge in [-0.1, -0.05) is 18.2 Å². The van der Waals surface area contributed by atoms with Crippen LogP contribution < -0.4 is 4.74 Å². The van der Waals surface area contributed by atoms with Gasteiger partial charge in [-0.05, 0) is 75.4 Å². The lowest BCUT2D eigenvalue weighted by Crippen LogP contribution is -2.26. The summed E-state index contributed by atoms with van der Waals surface area (Å²) in [5.41, 5.74) is 2.77. The lowest BCUT2D eigenvalue weighted by atomic mass is 10.0. The summed E-state index contributed by atoms with van der Waals surface area (Å²) in [6.45, 7) is 6.50. The number of alkyl halides is 3. The molecule has 1 atom stereocenters. The van der Waals surface area contributed by atoms with Gasteiger partial charge in [-0.25, -0.2) is 9.78 Å². The van der Waals surface area contributed by atoms with Gasteiger partial charge in [0.25, 0.3) is 0 Å². The van der Waals surface area contributed by atoms with Crippen molar-refractivity contribution in [3.63, 3.8) is 0 Å². The number of nitrogens with zero attached hydrogens (tertiary/aromatic N) is 1. The number of carboxylic acid groups (broad SMARTS) is 1. The molecule has 3 rings (SSSR count). The summed E-state index contributed by atoms with van der Waals surface area (Å²) in [5, 5.41) is 10.0. The first kappa shape index (κ1) is 27.7. The molecule has 3 aromatic rings. The van der Waals surface area contributed by atoms with Crippen molar-refractivity contribution < 1.29 is 32.5 Å². The van der Waals surface area contributed by atoms with Crippen LogP contribution in [0, 0.1) is 13.8 Å². The molecule has 0 aliphatic carbocycles. The summed E-state index contributed by atoms with van der Waals surface area (Å²) in [5.74, 6) is -0.239. The number of thiazole rings is 1. The van der Waals surface area contributed by atoms with E-state index in [-0.39, 0.29) is 0 Å². The Morgan fingerprint density at radius 2 is 1.83 bits per heavy atom. The molecule has 5 nitrogen and oxygen atoms in total. The van der Waals surface area contributed by atoms with Gasteiger partial charge in [-0.15, -0.1) is 11.3 Å². The quantitative estimate of drug-likeness (QED) is 0.263. The molecule has 0 bridgehead atoms. The monoisotopic (exact) mass is 521 g/mol. The number of halogens is 3. The number of rotatable bonds is 12. The smallest absolute Gasteiger partial charge is 0.416 e. The van der Waals surface area contributed by atoms with Crippen molar-refractivity contribution in [2.75, 3.05) is 13.2 Å². The average Bonchev–Trinajstić information content (AvgIpc) is 3.19. The van der Waals surface area contributed by atoms with E-state index < -0.39 is 23.8 Å². The number of hydrogen-bond donors (Lipinski definition) is 1. The molecular weight excluding hydrogens is 491 g/mol. The molecule has 194 valence electrons. The summed E-state index contributed by atoms with van der Waals surface area (Å²) in [7, 11) is 0. The van der Waals surface area contributed by atoms with Crippen LogP contribution in [0.25, 0.3) is 10.6 Å². The Kier molecular flexibility index (Phi) is 9.50. The van der Waals surface area contributed by atoms with Gasteiger partial charge in [0.05, 0.1) is 17.9 Å². The molecule has 0 amide bonds. The summed E-state index contributed by atoms with van der Waals surface area (Å²) in [4.78, 5) is 17.0. The lowest BCUT2D eigenvalue weighted by Gasteiger charge is -2.15. The number of carbonyl (C=O) groups is 1.